The van der Waals surface area contributed by atoms with Gasteiger partial charge in [0.15, 0.2) is 0 Å². The second kappa shape index (κ2) is 7.00. The van der Waals surface area contributed by atoms with Gasteiger partial charge in [-0.25, -0.2) is 8.78 Å². The van der Waals surface area contributed by atoms with E-state index in [0.717, 1.165) is 11.1 Å². The van der Waals surface area contributed by atoms with E-state index in [1.165, 1.54) is 18.2 Å². The topological polar surface area (TPSA) is 35.2 Å². The highest BCUT2D eigenvalue weighted by Gasteiger charge is 2.09. The molecule has 1 unspecified atom stereocenters. The lowest BCUT2D eigenvalue weighted by molar-refractivity contribution is 0.301. The van der Waals surface area contributed by atoms with E-state index in [1.807, 2.05) is 6.92 Å². The van der Waals surface area contributed by atoms with Gasteiger partial charge in [-0.1, -0.05) is 6.07 Å². The van der Waals surface area contributed by atoms with Crippen LogP contribution in [-0.2, 0) is 13.0 Å². The Morgan fingerprint density at radius 3 is 2.62 bits per heavy atom. The van der Waals surface area contributed by atoms with E-state index in [1.54, 1.807) is 18.2 Å². The molecule has 0 aliphatic carbocycles. The molecule has 0 spiro atoms. The second-order valence-corrected chi connectivity index (χ2v) is 5.82. The van der Waals surface area contributed by atoms with Gasteiger partial charge in [0.25, 0.3) is 0 Å². The molecule has 2 aromatic rings. The number of nitrogens with two attached hydrogens (primary N) is 1. The van der Waals surface area contributed by atoms with Crippen molar-refractivity contribution in [1.82, 2.24) is 0 Å². The van der Waals surface area contributed by atoms with Crippen LogP contribution in [0.25, 0.3) is 0 Å². The quantitative estimate of drug-likeness (QED) is 0.872. The molecule has 0 radical (unpaired) electrons. The summed E-state index contributed by atoms with van der Waals surface area (Å²) in [5.41, 5.74) is 7.31. The average Bonchev–Trinajstić information content (AvgIpc) is 2.41. The number of ether oxygens (including phenoxy) is 1. The normalized spacial score (nSPS) is 12.2. The lowest BCUT2D eigenvalue weighted by Crippen LogP contribution is -2.18. The minimum atomic E-state index is -0.321. The molecule has 0 fully saturated rings. The smallest absolute Gasteiger partial charge is 0.137 e. The highest BCUT2D eigenvalue weighted by atomic mass is 79.9. The van der Waals surface area contributed by atoms with E-state index in [9.17, 15) is 8.78 Å². The first-order valence-corrected chi connectivity index (χ1v) is 7.35. The van der Waals surface area contributed by atoms with Gasteiger partial charge in [0.2, 0.25) is 0 Å². The van der Waals surface area contributed by atoms with Crippen molar-refractivity contribution in [2.24, 2.45) is 5.73 Å². The minimum absolute atomic E-state index is 0.0888. The summed E-state index contributed by atoms with van der Waals surface area (Å²) in [5.74, 6) is -0.0464. The molecule has 0 aliphatic heterocycles. The number of hydrogen-bond acceptors (Lipinski definition) is 2. The Labute approximate surface area is 131 Å². The second-order valence-electron chi connectivity index (χ2n) is 4.97. The zero-order chi connectivity index (χ0) is 15.4. The van der Waals surface area contributed by atoms with E-state index in [2.05, 4.69) is 15.9 Å². The molecule has 0 saturated carbocycles. The van der Waals surface area contributed by atoms with Gasteiger partial charge >= 0.3 is 0 Å². The van der Waals surface area contributed by atoms with Gasteiger partial charge < -0.3 is 10.5 Å². The molecule has 2 aromatic carbocycles. The molecule has 5 heteroatoms. The molecule has 0 aromatic heterocycles. The molecule has 2 rings (SSSR count). The minimum Gasteiger partial charge on any atom is -0.489 e. The molecule has 0 bridgehead atoms. The van der Waals surface area contributed by atoms with Crippen LogP contribution in [0.15, 0.2) is 40.9 Å². The van der Waals surface area contributed by atoms with Crippen molar-refractivity contribution in [2.45, 2.75) is 26.0 Å². The van der Waals surface area contributed by atoms with Gasteiger partial charge in [0, 0.05) is 6.04 Å². The molecule has 0 amide bonds. The van der Waals surface area contributed by atoms with Gasteiger partial charge in [-0.3, -0.25) is 0 Å². The van der Waals surface area contributed by atoms with E-state index in [-0.39, 0.29) is 24.3 Å². The summed E-state index contributed by atoms with van der Waals surface area (Å²) in [7, 11) is 0. The standard InChI is InChI=1S/C16H16BrF2NO/c1-10(20)6-12-8-13(18)3-5-16(12)21-9-11-2-4-15(19)14(17)7-11/h2-5,7-8,10H,6,9,20H2,1H3. The summed E-state index contributed by atoms with van der Waals surface area (Å²) in [6, 6.07) is 8.95. The maximum atomic E-state index is 13.3. The third kappa shape index (κ3) is 4.51. The van der Waals surface area contributed by atoms with Crippen LogP contribution in [0.4, 0.5) is 8.78 Å². The molecule has 2 nitrogen and oxygen atoms in total. The molecular formula is C16H16BrF2NO. The summed E-state index contributed by atoms with van der Waals surface area (Å²) in [6.07, 6.45) is 0.528. The highest BCUT2D eigenvalue weighted by molar-refractivity contribution is 9.10. The van der Waals surface area contributed by atoms with Crippen molar-refractivity contribution in [3.8, 4) is 5.75 Å². The summed E-state index contributed by atoms with van der Waals surface area (Å²) in [6.45, 7) is 2.13. The Balaban J connectivity index is 2.13. The van der Waals surface area contributed by atoms with Gasteiger partial charge in [-0.2, -0.15) is 0 Å². The van der Waals surface area contributed by atoms with E-state index < -0.39 is 0 Å². The van der Waals surface area contributed by atoms with Crippen LogP contribution in [0, 0.1) is 11.6 Å². The van der Waals surface area contributed by atoms with Gasteiger partial charge in [-0.15, -0.1) is 0 Å². The maximum Gasteiger partial charge on any atom is 0.137 e. The van der Waals surface area contributed by atoms with Crippen molar-refractivity contribution in [2.75, 3.05) is 0 Å². The first kappa shape index (κ1) is 15.9. The monoisotopic (exact) mass is 355 g/mol. The highest BCUT2D eigenvalue weighted by Crippen LogP contribution is 2.23. The summed E-state index contributed by atoms with van der Waals surface area (Å²) < 4.78 is 32.6. The molecule has 0 aliphatic rings. The Morgan fingerprint density at radius 1 is 1.19 bits per heavy atom. The molecule has 0 heterocycles. The Kier molecular flexibility index (Phi) is 5.31. The van der Waals surface area contributed by atoms with Crippen LogP contribution >= 0.6 is 15.9 Å². The number of rotatable bonds is 5. The fourth-order valence-electron chi connectivity index (χ4n) is 1.99. The first-order valence-electron chi connectivity index (χ1n) is 6.56. The SMILES string of the molecule is CC(N)Cc1cc(F)ccc1OCc1ccc(F)c(Br)c1. The lowest BCUT2D eigenvalue weighted by Gasteiger charge is -2.13. The molecular weight excluding hydrogens is 340 g/mol. The van der Waals surface area contributed by atoms with Gasteiger partial charge in [0.05, 0.1) is 4.47 Å². The largest absolute Gasteiger partial charge is 0.489 e. The fraction of sp³-hybridized carbons (Fsp3) is 0.250. The van der Waals surface area contributed by atoms with Crippen molar-refractivity contribution in [3.63, 3.8) is 0 Å². The Morgan fingerprint density at radius 2 is 1.95 bits per heavy atom. The van der Waals surface area contributed by atoms with Crippen LogP contribution < -0.4 is 10.5 Å². The number of hydrogen-bond donors (Lipinski definition) is 1. The van der Waals surface area contributed by atoms with Crippen LogP contribution in [-0.4, -0.2) is 6.04 Å². The number of benzene rings is 2. The Bertz CT molecular complexity index is 632. The van der Waals surface area contributed by atoms with E-state index in [0.29, 0.717) is 16.6 Å². The molecule has 2 N–H and O–H groups in total. The first-order chi connectivity index (χ1) is 9.95. The van der Waals surface area contributed by atoms with Crippen molar-refractivity contribution in [3.05, 3.63) is 63.6 Å². The third-order valence-corrected chi connectivity index (χ3v) is 3.55. The van der Waals surface area contributed by atoms with Crippen molar-refractivity contribution >= 4 is 15.9 Å². The van der Waals surface area contributed by atoms with Crippen LogP contribution in [0.2, 0.25) is 0 Å². The van der Waals surface area contributed by atoms with E-state index >= 15 is 0 Å². The Hall–Kier alpha value is -1.46. The van der Waals surface area contributed by atoms with Crippen molar-refractivity contribution in [1.29, 1.82) is 0 Å². The van der Waals surface area contributed by atoms with Crippen LogP contribution in [0.1, 0.15) is 18.1 Å². The molecule has 1 atom stereocenters. The molecule has 112 valence electrons. The maximum absolute atomic E-state index is 13.3. The predicted molar refractivity (Wildman–Crippen MR) is 82.2 cm³/mol. The summed E-state index contributed by atoms with van der Waals surface area (Å²) in [5, 5.41) is 0. The average molecular weight is 356 g/mol. The molecule has 0 saturated heterocycles. The summed E-state index contributed by atoms with van der Waals surface area (Å²) >= 11 is 3.13. The third-order valence-electron chi connectivity index (χ3n) is 2.94. The van der Waals surface area contributed by atoms with Crippen molar-refractivity contribution < 1.29 is 13.5 Å². The fourth-order valence-corrected chi connectivity index (χ4v) is 2.41. The van der Waals surface area contributed by atoms with Crippen LogP contribution in [0.5, 0.6) is 5.75 Å². The zero-order valence-corrected chi connectivity index (χ0v) is 13.2. The zero-order valence-electron chi connectivity index (χ0n) is 11.6. The number of halogens is 3. The predicted octanol–water partition coefficient (Wildman–Crippen LogP) is 4.20. The molecule has 21 heavy (non-hydrogen) atoms. The summed E-state index contributed by atoms with van der Waals surface area (Å²) in [4.78, 5) is 0. The van der Waals surface area contributed by atoms with Gasteiger partial charge in [0.1, 0.15) is 24.0 Å². The van der Waals surface area contributed by atoms with Gasteiger partial charge in [-0.05, 0) is 70.7 Å². The van der Waals surface area contributed by atoms with E-state index in [4.69, 9.17) is 10.5 Å². The lowest BCUT2D eigenvalue weighted by atomic mass is 10.1. The van der Waals surface area contributed by atoms with Crippen LogP contribution in [0.3, 0.4) is 0 Å².